The van der Waals surface area contributed by atoms with Gasteiger partial charge in [-0.2, -0.15) is 0 Å². The van der Waals surface area contributed by atoms with Gasteiger partial charge in [-0.25, -0.2) is 0 Å². The summed E-state index contributed by atoms with van der Waals surface area (Å²) >= 11 is 0. The number of piperazine rings is 1. The summed E-state index contributed by atoms with van der Waals surface area (Å²) in [6.07, 6.45) is 2.49. The van der Waals surface area contributed by atoms with Crippen LogP contribution in [0.1, 0.15) is 26.7 Å². The molecule has 0 saturated carbocycles. The fraction of sp³-hybridized carbons (Fsp3) is 0.636. The van der Waals surface area contributed by atoms with Crippen LogP contribution in [0.4, 0.5) is 0 Å². The minimum atomic E-state index is -0.0159. The minimum Gasteiger partial charge on any atom is -0.377 e. The second-order valence-electron chi connectivity index (χ2n) is 4.57. The van der Waals surface area contributed by atoms with Gasteiger partial charge in [0.25, 0.3) is 0 Å². The number of rotatable bonds is 0. The van der Waals surface area contributed by atoms with E-state index in [9.17, 15) is 0 Å². The van der Waals surface area contributed by atoms with Crippen molar-refractivity contribution in [3.8, 4) is 0 Å². The Balaban J connectivity index is 2.30. The average molecular weight is 178 g/mol. The lowest BCUT2D eigenvalue weighted by molar-refractivity contribution is 0.232. The summed E-state index contributed by atoms with van der Waals surface area (Å²) in [5, 5.41) is 3.44. The lowest BCUT2D eigenvalue weighted by Gasteiger charge is -2.46. The van der Waals surface area contributed by atoms with Gasteiger partial charge in [0.1, 0.15) is 0 Å². The summed E-state index contributed by atoms with van der Waals surface area (Å²) in [5.41, 5.74) is 2.36. The van der Waals surface area contributed by atoms with Gasteiger partial charge in [0.2, 0.25) is 0 Å². The molecule has 1 atom stereocenters. The zero-order valence-electron chi connectivity index (χ0n) is 8.56. The molecular formula is C11H18N2. The predicted molar refractivity (Wildman–Crippen MR) is 55.2 cm³/mol. The smallest absolute Gasteiger partial charge is 0.0707 e. The molecule has 72 valence electrons. The number of hydrogen-bond acceptors (Lipinski definition) is 2. The number of fused-ring (bicyclic) bond motifs is 1. The van der Waals surface area contributed by atoms with E-state index in [1.807, 2.05) is 0 Å². The molecule has 0 amide bonds. The lowest BCUT2D eigenvalue weighted by Crippen LogP contribution is -2.55. The summed E-state index contributed by atoms with van der Waals surface area (Å²) < 4.78 is 0. The normalized spacial score (nSPS) is 31.5. The molecule has 2 heteroatoms. The molecule has 13 heavy (non-hydrogen) atoms. The first-order chi connectivity index (χ1) is 6.02. The molecule has 2 aliphatic heterocycles. The highest BCUT2D eigenvalue weighted by Gasteiger charge is 2.39. The molecule has 2 fully saturated rings. The molecule has 2 rings (SSSR count). The van der Waals surface area contributed by atoms with Crippen LogP contribution in [0.15, 0.2) is 24.6 Å². The van der Waals surface area contributed by atoms with E-state index < -0.39 is 0 Å². The Morgan fingerprint density at radius 1 is 1.46 bits per heavy atom. The maximum absolute atomic E-state index is 4.17. The molecule has 0 aromatic rings. The summed E-state index contributed by atoms with van der Waals surface area (Å²) in [5.74, 6) is 0. The van der Waals surface area contributed by atoms with E-state index in [0.29, 0.717) is 6.04 Å². The largest absolute Gasteiger partial charge is 0.377 e. The van der Waals surface area contributed by atoms with Crippen LogP contribution < -0.4 is 5.32 Å². The van der Waals surface area contributed by atoms with E-state index in [0.717, 1.165) is 12.2 Å². The van der Waals surface area contributed by atoms with Gasteiger partial charge >= 0.3 is 0 Å². The number of hydrogen-bond donors (Lipinski definition) is 1. The molecule has 0 aromatic heterocycles. The van der Waals surface area contributed by atoms with Crippen LogP contribution in [0.3, 0.4) is 0 Å². The molecule has 0 aromatic carbocycles. The summed E-state index contributed by atoms with van der Waals surface area (Å²) in [6, 6.07) is 0.500. The van der Waals surface area contributed by atoms with Crippen molar-refractivity contribution in [2.45, 2.75) is 38.3 Å². The summed E-state index contributed by atoms with van der Waals surface area (Å²) in [6.45, 7) is 13.7. The van der Waals surface area contributed by atoms with Crippen molar-refractivity contribution in [3.63, 3.8) is 0 Å². The van der Waals surface area contributed by atoms with Crippen LogP contribution in [-0.4, -0.2) is 23.0 Å². The Labute approximate surface area is 80.3 Å². The molecule has 2 heterocycles. The molecule has 0 spiro atoms. The molecule has 1 N–H and O–H groups in total. The van der Waals surface area contributed by atoms with Gasteiger partial charge in [0, 0.05) is 17.9 Å². The molecule has 2 nitrogen and oxygen atoms in total. The first-order valence-corrected chi connectivity index (χ1v) is 4.95. The highest BCUT2D eigenvalue weighted by atomic mass is 15.3. The lowest BCUT2D eigenvalue weighted by atomic mass is 9.94. The van der Waals surface area contributed by atoms with E-state index in [4.69, 9.17) is 0 Å². The van der Waals surface area contributed by atoms with Crippen molar-refractivity contribution in [1.29, 1.82) is 0 Å². The summed E-state index contributed by atoms with van der Waals surface area (Å²) in [7, 11) is 0. The molecule has 2 saturated heterocycles. The quantitative estimate of drug-likeness (QED) is 0.609. The van der Waals surface area contributed by atoms with Crippen molar-refractivity contribution >= 4 is 0 Å². The highest BCUT2D eigenvalue weighted by Crippen LogP contribution is 2.35. The third-order valence-electron chi connectivity index (χ3n) is 3.20. The van der Waals surface area contributed by atoms with Crippen LogP contribution in [0, 0.1) is 0 Å². The van der Waals surface area contributed by atoms with Gasteiger partial charge in [-0.3, -0.25) is 0 Å². The fourth-order valence-electron chi connectivity index (χ4n) is 2.37. The molecule has 0 unspecified atom stereocenters. The van der Waals surface area contributed by atoms with Gasteiger partial charge in [0.15, 0.2) is 0 Å². The SMILES string of the molecule is C=C1NC(C)(C)C(=C)N2CCC[C@@H]12. The van der Waals surface area contributed by atoms with Crippen LogP contribution in [0.25, 0.3) is 0 Å². The Kier molecular flexibility index (Phi) is 1.69. The second kappa shape index (κ2) is 2.53. The topological polar surface area (TPSA) is 15.3 Å². The van der Waals surface area contributed by atoms with E-state index >= 15 is 0 Å². The van der Waals surface area contributed by atoms with Crippen molar-refractivity contribution in [2.24, 2.45) is 0 Å². The number of nitrogens with one attached hydrogen (secondary N) is 1. The zero-order valence-corrected chi connectivity index (χ0v) is 8.56. The van der Waals surface area contributed by atoms with Crippen molar-refractivity contribution in [2.75, 3.05) is 6.54 Å². The van der Waals surface area contributed by atoms with E-state index in [1.54, 1.807) is 0 Å². The fourth-order valence-corrected chi connectivity index (χ4v) is 2.37. The minimum absolute atomic E-state index is 0.0159. The second-order valence-corrected chi connectivity index (χ2v) is 4.57. The Morgan fingerprint density at radius 3 is 2.85 bits per heavy atom. The predicted octanol–water partition coefficient (Wildman–Crippen LogP) is 1.86. The highest BCUT2D eigenvalue weighted by molar-refractivity contribution is 5.27. The van der Waals surface area contributed by atoms with Gasteiger partial charge in [-0.15, -0.1) is 0 Å². The Bertz CT molecular complexity index is 265. The first-order valence-electron chi connectivity index (χ1n) is 4.95. The molecule has 0 radical (unpaired) electrons. The average Bonchev–Trinajstić information content (AvgIpc) is 2.47. The monoisotopic (exact) mass is 178 g/mol. The van der Waals surface area contributed by atoms with Crippen LogP contribution in [-0.2, 0) is 0 Å². The van der Waals surface area contributed by atoms with Gasteiger partial charge < -0.3 is 10.2 Å². The maximum Gasteiger partial charge on any atom is 0.0707 e. The number of nitrogens with zero attached hydrogens (tertiary/aromatic N) is 1. The van der Waals surface area contributed by atoms with E-state index in [1.165, 1.54) is 18.5 Å². The summed E-state index contributed by atoms with van der Waals surface area (Å²) in [4.78, 5) is 2.40. The zero-order chi connectivity index (χ0) is 9.64. The maximum atomic E-state index is 4.17. The van der Waals surface area contributed by atoms with E-state index in [-0.39, 0.29) is 5.54 Å². The van der Waals surface area contributed by atoms with Crippen molar-refractivity contribution in [1.82, 2.24) is 10.2 Å². The van der Waals surface area contributed by atoms with Gasteiger partial charge in [-0.1, -0.05) is 13.2 Å². The van der Waals surface area contributed by atoms with Gasteiger partial charge in [-0.05, 0) is 26.7 Å². The van der Waals surface area contributed by atoms with Crippen LogP contribution in [0.5, 0.6) is 0 Å². The Morgan fingerprint density at radius 2 is 2.15 bits per heavy atom. The van der Waals surface area contributed by atoms with E-state index in [2.05, 4.69) is 37.2 Å². The standard InChI is InChI=1S/C11H18N2/c1-8-10-6-5-7-13(10)9(2)11(3,4)12-8/h10,12H,1-2,5-7H2,3-4H3/t10-/m0/s1. The van der Waals surface area contributed by atoms with Crippen LogP contribution in [0.2, 0.25) is 0 Å². The van der Waals surface area contributed by atoms with Crippen molar-refractivity contribution in [3.05, 3.63) is 24.6 Å². The third kappa shape index (κ3) is 1.16. The van der Waals surface area contributed by atoms with Crippen LogP contribution >= 0.6 is 0 Å². The van der Waals surface area contributed by atoms with Crippen molar-refractivity contribution < 1.29 is 0 Å². The first kappa shape index (κ1) is 8.67. The molecule has 0 bridgehead atoms. The molecule has 0 aliphatic carbocycles. The van der Waals surface area contributed by atoms with Gasteiger partial charge in [0.05, 0.1) is 11.6 Å². The molecular weight excluding hydrogens is 160 g/mol. The Hall–Kier alpha value is -0.920. The third-order valence-corrected chi connectivity index (χ3v) is 3.20. The molecule has 2 aliphatic rings.